The molecule has 63 heavy (non-hydrogen) atoms. The van der Waals surface area contributed by atoms with Crippen molar-refractivity contribution >= 4 is 44.4 Å². The molecule has 3 saturated heterocycles. The topological polar surface area (TPSA) is 124 Å². The number of hydrogen-bond donors (Lipinski definition) is 0. The molecule has 12 heteroatoms. The molecule has 3 aromatic carbocycles. The van der Waals surface area contributed by atoms with E-state index < -0.39 is 33.6 Å². The van der Waals surface area contributed by atoms with Crippen LogP contribution in [0.2, 0.25) is 0 Å². The van der Waals surface area contributed by atoms with E-state index in [0.29, 0.717) is 53.6 Å². The van der Waals surface area contributed by atoms with Crippen LogP contribution >= 0.6 is 22.6 Å². The highest BCUT2D eigenvalue weighted by molar-refractivity contribution is 14.1. The zero-order valence-electron chi connectivity index (χ0n) is 37.8. The van der Waals surface area contributed by atoms with Crippen LogP contribution in [0.3, 0.4) is 0 Å². The zero-order chi connectivity index (χ0) is 45.3. The summed E-state index contributed by atoms with van der Waals surface area (Å²) in [6.45, 7) is 15.5. The summed E-state index contributed by atoms with van der Waals surface area (Å²) in [4.78, 5) is 26.7. The molecule has 2 unspecified atom stereocenters. The summed E-state index contributed by atoms with van der Waals surface area (Å²) in [7, 11) is -2.05. The van der Waals surface area contributed by atoms with Gasteiger partial charge in [0, 0.05) is 23.2 Å². The summed E-state index contributed by atoms with van der Waals surface area (Å²) in [5.41, 5.74) is 2.30. The van der Waals surface area contributed by atoms with Crippen molar-refractivity contribution in [3.8, 4) is 5.75 Å². The minimum atomic E-state index is -3.63. The number of rotatable bonds is 21. The Morgan fingerprint density at radius 2 is 1.57 bits per heavy atom. The average molecular weight is 999 g/mol. The molecule has 11 atom stereocenters. The number of alkyl halides is 1. The standard InChI is InChI=1S/C51H67IO10S/c1-8-33(2)27-45-37(6)44(31-63(55,56)43-14-10-9-11-15-43)47(60-45)29-46(61-50(54)39-18-16-34(3)17-19-39)36(5)35(4)28-41-24-25-48-51(32-52,62-41)30-42(59-48)13-12-26-58-49(53)38-20-22-40(57-7)23-21-38/h9-11,14-23,33,35,37,41-42,44-48H,5,8,12-13,24-32H2,1-4,6-7H3/t33-,35-,37-,41?,42+,44-,45-,46-,47?,48+,51-/m1/s1. The normalized spacial score (nSPS) is 27.2. The van der Waals surface area contributed by atoms with Crippen LogP contribution in [0.15, 0.2) is 95.9 Å². The van der Waals surface area contributed by atoms with Gasteiger partial charge in [-0.05, 0) is 117 Å². The summed E-state index contributed by atoms with van der Waals surface area (Å²) in [6.07, 6.45) is 5.28. The predicted octanol–water partition coefficient (Wildman–Crippen LogP) is 10.6. The Labute approximate surface area is 389 Å². The molecule has 3 aromatic rings. The van der Waals surface area contributed by atoms with Gasteiger partial charge in [0.25, 0.3) is 0 Å². The molecule has 0 radical (unpaired) electrons. The van der Waals surface area contributed by atoms with Gasteiger partial charge in [0.05, 0.1) is 66.0 Å². The van der Waals surface area contributed by atoms with Crippen molar-refractivity contribution in [1.29, 1.82) is 0 Å². The summed E-state index contributed by atoms with van der Waals surface area (Å²) in [6, 6.07) is 22.8. The molecule has 3 aliphatic heterocycles. The van der Waals surface area contributed by atoms with Gasteiger partial charge in [0.2, 0.25) is 0 Å². The van der Waals surface area contributed by atoms with Crippen LogP contribution in [0.5, 0.6) is 5.75 Å². The van der Waals surface area contributed by atoms with Crippen LogP contribution in [0.25, 0.3) is 0 Å². The first kappa shape index (κ1) is 49.1. The van der Waals surface area contributed by atoms with Gasteiger partial charge in [-0.3, -0.25) is 0 Å². The third-order valence-corrected chi connectivity index (χ3v) is 16.8. The second-order valence-corrected chi connectivity index (χ2v) is 21.1. The maximum absolute atomic E-state index is 13.9. The maximum Gasteiger partial charge on any atom is 0.338 e. The predicted molar refractivity (Wildman–Crippen MR) is 253 cm³/mol. The van der Waals surface area contributed by atoms with Crippen molar-refractivity contribution < 1.29 is 46.4 Å². The Bertz CT molecular complexity index is 2080. The number of carbonyl (C=O) groups excluding carboxylic acids is 2. The molecule has 344 valence electrons. The van der Waals surface area contributed by atoms with Crippen molar-refractivity contribution in [3.63, 3.8) is 0 Å². The number of ether oxygens (including phenoxy) is 6. The maximum atomic E-state index is 13.9. The molecule has 0 saturated carbocycles. The van der Waals surface area contributed by atoms with E-state index in [2.05, 4.69) is 56.9 Å². The van der Waals surface area contributed by atoms with E-state index in [4.69, 9.17) is 28.4 Å². The monoisotopic (exact) mass is 998 g/mol. The first-order valence-electron chi connectivity index (χ1n) is 22.7. The lowest BCUT2D eigenvalue weighted by molar-refractivity contribution is -0.155. The highest BCUT2D eigenvalue weighted by atomic mass is 127. The molecule has 3 fully saturated rings. The number of hydrogen-bond acceptors (Lipinski definition) is 10. The number of benzene rings is 3. The lowest BCUT2D eigenvalue weighted by Gasteiger charge is -2.42. The first-order chi connectivity index (χ1) is 30.1. The largest absolute Gasteiger partial charge is 0.497 e. The van der Waals surface area contributed by atoms with Crippen molar-refractivity contribution in [3.05, 3.63) is 108 Å². The third-order valence-electron chi connectivity index (χ3n) is 13.7. The van der Waals surface area contributed by atoms with Crippen molar-refractivity contribution in [2.24, 2.45) is 23.7 Å². The lowest BCUT2D eigenvalue weighted by Crippen LogP contribution is -2.50. The fraction of sp³-hybridized carbons (Fsp3) is 0.569. The van der Waals surface area contributed by atoms with Gasteiger partial charge < -0.3 is 28.4 Å². The fourth-order valence-corrected chi connectivity index (χ4v) is 12.3. The van der Waals surface area contributed by atoms with Crippen molar-refractivity contribution in [2.45, 2.75) is 140 Å². The number of aryl methyl sites for hydroxylation is 1. The first-order valence-corrected chi connectivity index (χ1v) is 25.9. The number of carbonyl (C=O) groups is 2. The molecule has 0 aromatic heterocycles. The smallest absolute Gasteiger partial charge is 0.338 e. The van der Waals surface area contributed by atoms with E-state index in [9.17, 15) is 18.0 Å². The van der Waals surface area contributed by atoms with E-state index in [-0.39, 0.29) is 53.9 Å². The Kier molecular flexibility index (Phi) is 17.4. The summed E-state index contributed by atoms with van der Waals surface area (Å²) in [5.74, 6) is -0.209. The lowest BCUT2D eigenvalue weighted by atomic mass is 9.82. The summed E-state index contributed by atoms with van der Waals surface area (Å²) in [5, 5.41) is 0. The second kappa shape index (κ2) is 22.3. The van der Waals surface area contributed by atoms with Gasteiger partial charge in [0.1, 0.15) is 17.5 Å². The molecule has 0 bridgehead atoms. The van der Waals surface area contributed by atoms with E-state index in [1.54, 1.807) is 67.8 Å². The Hall–Kier alpha value is -3.30. The molecule has 0 amide bonds. The van der Waals surface area contributed by atoms with E-state index >= 15 is 0 Å². The summed E-state index contributed by atoms with van der Waals surface area (Å²) < 4.78 is 66.2. The second-order valence-electron chi connectivity index (χ2n) is 18.3. The van der Waals surface area contributed by atoms with Crippen LogP contribution in [0.1, 0.15) is 112 Å². The van der Waals surface area contributed by atoms with Crippen LogP contribution in [-0.2, 0) is 33.5 Å². The fourth-order valence-electron chi connectivity index (χ4n) is 9.50. The Morgan fingerprint density at radius 3 is 2.24 bits per heavy atom. The number of esters is 2. The SMILES string of the molecule is C=C([C@H](C)CC1CC[C@@H]2O[C@@H](CCCOC(=O)c3ccc(OC)cc3)C[C@]2(CI)O1)[C@@H](CC1O[C@H](C[C@H](C)CC)[C@H](C)[C@H]1CS(=O)(=O)c1ccccc1)OC(=O)c1ccc(C)cc1. The van der Waals surface area contributed by atoms with E-state index in [1.165, 1.54) is 0 Å². The van der Waals surface area contributed by atoms with Crippen LogP contribution < -0.4 is 4.74 Å². The Balaban J connectivity index is 1.13. The molecular formula is C51H67IO10S. The molecule has 10 nitrogen and oxygen atoms in total. The van der Waals surface area contributed by atoms with Crippen molar-refractivity contribution in [1.82, 2.24) is 0 Å². The van der Waals surface area contributed by atoms with Gasteiger partial charge >= 0.3 is 11.9 Å². The number of sulfone groups is 1. The minimum Gasteiger partial charge on any atom is -0.497 e. The van der Waals surface area contributed by atoms with Gasteiger partial charge in [-0.1, -0.05) is 99.2 Å². The molecule has 0 spiro atoms. The van der Waals surface area contributed by atoms with Crippen molar-refractivity contribution in [2.75, 3.05) is 23.9 Å². The molecular weight excluding hydrogens is 932 g/mol. The highest BCUT2D eigenvalue weighted by Crippen LogP contribution is 2.46. The quantitative estimate of drug-likeness (QED) is 0.0335. The number of halogens is 1. The molecule has 0 N–H and O–H groups in total. The third kappa shape index (κ3) is 12.5. The average Bonchev–Trinajstić information content (AvgIpc) is 3.79. The molecule has 0 aliphatic carbocycles. The number of methoxy groups -OCH3 is 1. The molecule has 6 rings (SSSR count). The van der Waals surface area contributed by atoms with Crippen LogP contribution in [0.4, 0.5) is 0 Å². The van der Waals surface area contributed by atoms with E-state index in [0.717, 1.165) is 54.1 Å². The molecule has 3 heterocycles. The van der Waals surface area contributed by atoms with E-state index in [1.807, 2.05) is 25.1 Å². The highest BCUT2D eigenvalue weighted by Gasteiger charge is 2.52. The van der Waals surface area contributed by atoms with Gasteiger partial charge in [0.15, 0.2) is 9.84 Å². The minimum absolute atomic E-state index is 0.00208. The van der Waals surface area contributed by atoms with Crippen LogP contribution in [0, 0.1) is 30.6 Å². The molecule has 3 aliphatic rings. The van der Waals surface area contributed by atoms with Gasteiger partial charge in [-0.15, -0.1) is 0 Å². The zero-order valence-corrected chi connectivity index (χ0v) is 40.8. The van der Waals surface area contributed by atoms with Gasteiger partial charge in [-0.25, -0.2) is 18.0 Å². The Morgan fingerprint density at radius 1 is 0.889 bits per heavy atom. The van der Waals surface area contributed by atoms with Gasteiger partial charge in [-0.2, -0.15) is 0 Å². The summed E-state index contributed by atoms with van der Waals surface area (Å²) >= 11 is 2.42. The number of fused-ring (bicyclic) bond motifs is 1. The van der Waals surface area contributed by atoms with Crippen LogP contribution in [-0.4, -0.2) is 86.5 Å².